The third kappa shape index (κ3) is 4.56. The fourth-order valence-electron chi connectivity index (χ4n) is 2.83. The van der Waals surface area contributed by atoms with Gasteiger partial charge in [-0.1, -0.05) is 53.8 Å². The molecular formula is C21H13ClNNaO4S2. The van der Waals surface area contributed by atoms with Gasteiger partial charge in [0.2, 0.25) is 0 Å². The van der Waals surface area contributed by atoms with Crippen molar-refractivity contribution in [3.05, 3.63) is 81.9 Å². The Hall–Kier alpha value is -1.87. The number of carbonyl (C=O) groups excluding carboxylic acids is 1. The number of halogens is 1. The number of thioether (sulfide) groups is 1. The third-order valence-corrected chi connectivity index (χ3v) is 5.82. The van der Waals surface area contributed by atoms with E-state index in [1.807, 2.05) is 18.2 Å². The summed E-state index contributed by atoms with van der Waals surface area (Å²) in [6.45, 7) is 0. The standard InChI is InChI=1S/C21H12ClNO4S2.Na.H/c22-16-7-2-1-6-15(16)17-9-8-14(27-17)11-18-19(24)23(21(28)29-18)13-5-3-4-12(10-13)20(25)26;;/h1-11H,(H,25,26);;. The second-order valence-corrected chi connectivity index (χ2v) is 8.14. The van der Waals surface area contributed by atoms with Gasteiger partial charge in [-0.15, -0.1) is 0 Å². The van der Waals surface area contributed by atoms with E-state index in [4.69, 9.17) is 28.2 Å². The molecule has 3 aromatic rings. The number of nitrogens with zero attached hydrogens (tertiary/aromatic N) is 1. The van der Waals surface area contributed by atoms with Crippen molar-refractivity contribution in [1.29, 1.82) is 0 Å². The molecule has 146 valence electrons. The average molecular weight is 466 g/mol. The molecule has 1 aliphatic rings. The number of aromatic carboxylic acids is 1. The van der Waals surface area contributed by atoms with Gasteiger partial charge in [-0.25, -0.2) is 4.79 Å². The molecule has 2 heterocycles. The molecule has 0 spiro atoms. The molecule has 2 aromatic carbocycles. The zero-order valence-electron chi connectivity index (χ0n) is 14.7. The number of carboxylic acids is 1. The summed E-state index contributed by atoms with van der Waals surface area (Å²) >= 11 is 12.7. The van der Waals surface area contributed by atoms with Crippen molar-refractivity contribution >= 4 is 93.1 Å². The molecule has 9 heteroatoms. The van der Waals surface area contributed by atoms with Crippen LogP contribution in [0, 0.1) is 0 Å². The number of rotatable bonds is 4. The van der Waals surface area contributed by atoms with Gasteiger partial charge in [-0.05, 0) is 42.5 Å². The Bertz CT molecular complexity index is 1190. The fourth-order valence-corrected chi connectivity index (χ4v) is 4.34. The summed E-state index contributed by atoms with van der Waals surface area (Å²) in [5.41, 5.74) is 1.25. The average Bonchev–Trinajstić information content (AvgIpc) is 3.27. The van der Waals surface area contributed by atoms with E-state index in [0.29, 0.717) is 31.5 Å². The molecule has 4 rings (SSSR count). The topological polar surface area (TPSA) is 70.8 Å². The number of carboxylic acid groups (broad SMARTS) is 1. The summed E-state index contributed by atoms with van der Waals surface area (Å²) in [6, 6.07) is 16.9. The van der Waals surface area contributed by atoms with E-state index >= 15 is 0 Å². The molecule has 0 bridgehead atoms. The summed E-state index contributed by atoms with van der Waals surface area (Å²) in [6.07, 6.45) is 1.61. The molecule has 0 unspecified atom stereocenters. The van der Waals surface area contributed by atoms with Gasteiger partial charge in [0.25, 0.3) is 5.91 Å². The minimum atomic E-state index is -1.07. The number of amides is 1. The quantitative estimate of drug-likeness (QED) is 0.330. The maximum absolute atomic E-state index is 12.9. The summed E-state index contributed by atoms with van der Waals surface area (Å²) in [4.78, 5) is 25.8. The molecule has 0 aliphatic carbocycles. The van der Waals surface area contributed by atoms with E-state index in [1.165, 1.54) is 17.0 Å². The van der Waals surface area contributed by atoms with E-state index in [-0.39, 0.29) is 41.0 Å². The first-order valence-electron chi connectivity index (χ1n) is 8.40. The molecule has 0 radical (unpaired) electrons. The van der Waals surface area contributed by atoms with Crippen LogP contribution in [0.15, 0.2) is 70.0 Å². The first kappa shape index (κ1) is 22.8. The zero-order valence-corrected chi connectivity index (χ0v) is 17.1. The van der Waals surface area contributed by atoms with Crippen LogP contribution in [-0.2, 0) is 4.79 Å². The molecule has 1 aromatic heterocycles. The van der Waals surface area contributed by atoms with Crippen molar-refractivity contribution in [3.63, 3.8) is 0 Å². The Morgan fingerprint density at radius 3 is 2.63 bits per heavy atom. The van der Waals surface area contributed by atoms with Crippen molar-refractivity contribution in [2.24, 2.45) is 0 Å². The van der Waals surface area contributed by atoms with Crippen molar-refractivity contribution < 1.29 is 19.1 Å². The molecule has 5 nitrogen and oxygen atoms in total. The van der Waals surface area contributed by atoms with Gasteiger partial charge in [0.05, 0.1) is 21.2 Å². The van der Waals surface area contributed by atoms with Gasteiger partial charge in [-0.3, -0.25) is 9.69 Å². The Morgan fingerprint density at radius 2 is 1.90 bits per heavy atom. The second-order valence-electron chi connectivity index (χ2n) is 6.05. The second kappa shape index (κ2) is 9.51. The van der Waals surface area contributed by atoms with E-state index in [9.17, 15) is 14.7 Å². The monoisotopic (exact) mass is 465 g/mol. The predicted molar refractivity (Wildman–Crippen MR) is 125 cm³/mol. The van der Waals surface area contributed by atoms with Crippen LogP contribution < -0.4 is 4.90 Å². The number of hydrogen-bond acceptors (Lipinski definition) is 5. The Labute approximate surface area is 209 Å². The first-order valence-corrected chi connectivity index (χ1v) is 10.0. The van der Waals surface area contributed by atoms with Crippen LogP contribution in [0.2, 0.25) is 5.02 Å². The van der Waals surface area contributed by atoms with Crippen LogP contribution in [0.3, 0.4) is 0 Å². The van der Waals surface area contributed by atoms with Gasteiger partial charge < -0.3 is 9.52 Å². The fraction of sp³-hybridized carbons (Fsp3) is 0. The zero-order chi connectivity index (χ0) is 20.5. The van der Waals surface area contributed by atoms with E-state index in [1.54, 1.807) is 36.4 Å². The maximum atomic E-state index is 12.9. The Morgan fingerprint density at radius 1 is 1.13 bits per heavy atom. The summed E-state index contributed by atoms with van der Waals surface area (Å²) in [5, 5.41) is 9.74. The molecule has 1 amide bonds. The number of benzene rings is 2. The van der Waals surface area contributed by atoms with Crippen molar-refractivity contribution in [2.75, 3.05) is 4.90 Å². The SMILES string of the molecule is O=C(O)c1cccc(N2C(=O)C(=Cc3ccc(-c4ccccc4Cl)o3)SC2=S)c1.[NaH]. The van der Waals surface area contributed by atoms with Crippen LogP contribution >= 0.6 is 35.6 Å². The van der Waals surface area contributed by atoms with Crippen LogP contribution in [0.25, 0.3) is 17.4 Å². The molecule has 0 saturated carbocycles. The minimum absolute atomic E-state index is 0. The van der Waals surface area contributed by atoms with Crippen LogP contribution in [0.4, 0.5) is 5.69 Å². The van der Waals surface area contributed by atoms with Crippen molar-refractivity contribution in [2.45, 2.75) is 0 Å². The Balaban J connectivity index is 0.00000256. The summed E-state index contributed by atoms with van der Waals surface area (Å²) in [5.74, 6) is -0.333. The van der Waals surface area contributed by atoms with Crippen LogP contribution in [0.5, 0.6) is 0 Å². The van der Waals surface area contributed by atoms with Gasteiger partial charge in [-0.2, -0.15) is 0 Å². The van der Waals surface area contributed by atoms with E-state index in [0.717, 1.165) is 17.3 Å². The normalized spacial score (nSPS) is 14.8. The molecule has 1 aliphatic heterocycles. The van der Waals surface area contributed by atoms with E-state index < -0.39 is 5.97 Å². The Kier molecular flexibility index (Phi) is 7.23. The van der Waals surface area contributed by atoms with E-state index in [2.05, 4.69) is 0 Å². The third-order valence-electron chi connectivity index (χ3n) is 4.18. The molecule has 1 saturated heterocycles. The number of anilines is 1. The molecule has 1 N–H and O–H groups in total. The number of thiocarbonyl (C=S) groups is 1. The van der Waals surface area contributed by atoms with Crippen LogP contribution in [0.1, 0.15) is 16.1 Å². The number of furan rings is 1. The summed E-state index contributed by atoms with van der Waals surface area (Å²) < 4.78 is 6.14. The molecule has 1 fully saturated rings. The van der Waals surface area contributed by atoms with Gasteiger partial charge in [0.15, 0.2) is 4.32 Å². The van der Waals surface area contributed by atoms with Crippen molar-refractivity contribution in [3.8, 4) is 11.3 Å². The number of carbonyl (C=O) groups is 2. The molecular weight excluding hydrogens is 453 g/mol. The van der Waals surface area contributed by atoms with Gasteiger partial charge in [0.1, 0.15) is 11.5 Å². The van der Waals surface area contributed by atoms with Crippen molar-refractivity contribution in [1.82, 2.24) is 0 Å². The summed E-state index contributed by atoms with van der Waals surface area (Å²) in [7, 11) is 0. The molecule has 30 heavy (non-hydrogen) atoms. The molecule has 0 atom stereocenters. The van der Waals surface area contributed by atoms with Crippen LogP contribution in [-0.4, -0.2) is 50.9 Å². The first-order chi connectivity index (χ1) is 13.9. The predicted octanol–water partition coefficient (Wildman–Crippen LogP) is 5.06. The van der Waals surface area contributed by atoms with Gasteiger partial charge >= 0.3 is 35.5 Å². The van der Waals surface area contributed by atoms with Gasteiger partial charge in [0, 0.05) is 11.6 Å². The number of hydrogen-bond donors (Lipinski definition) is 1.